The van der Waals surface area contributed by atoms with Crippen molar-refractivity contribution in [3.05, 3.63) is 103 Å². The number of phenolic OH excluding ortho intramolecular Hbond substituents is 3. The van der Waals surface area contributed by atoms with Crippen molar-refractivity contribution in [1.29, 1.82) is 0 Å². The Bertz CT molecular complexity index is 1020. The predicted octanol–water partition coefficient (Wildman–Crippen LogP) is 3.90. The molecular formula is C18H15N3O9. The van der Waals surface area contributed by atoms with Crippen LogP contribution in [0.5, 0.6) is 17.2 Å². The van der Waals surface area contributed by atoms with Gasteiger partial charge in [0.2, 0.25) is 0 Å². The fourth-order valence-corrected chi connectivity index (χ4v) is 1.80. The van der Waals surface area contributed by atoms with Crippen LogP contribution in [0.2, 0.25) is 0 Å². The Labute approximate surface area is 168 Å². The number of para-hydroxylation sites is 2. The molecule has 12 nitrogen and oxygen atoms in total. The topological polar surface area (TPSA) is 190 Å². The summed E-state index contributed by atoms with van der Waals surface area (Å²) in [5, 5.41) is 56.5. The second kappa shape index (κ2) is 11.2. The van der Waals surface area contributed by atoms with Crippen molar-refractivity contribution in [3.8, 4) is 17.2 Å². The maximum Gasteiger partial charge on any atom is 0.310 e. The van der Waals surface area contributed by atoms with Crippen LogP contribution in [0.15, 0.2) is 72.8 Å². The third-order valence-electron chi connectivity index (χ3n) is 3.18. The van der Waals surface area contributed by atoms with Crippen molar-refractivity contribution >= 4 is 17.1 Å². The van der Waals surface area contributed by atoms with Crippen molar-refractivity contribution in [3.63, 3.8) is 0 Å². The van der Waals surface area contributed by atoms with E-state index in [0.29, 0.717) is 0 Å². The molecule has 0 aliphatic carbocycles. The minimum atomic E-state index is -0.630. The minimum Gasteiger partial charge on any atom is -0.508 e. The van der Waals surface area contributed by atoms with Gasteiger partial charge in [-0.25, -0.2) is 0 Å². The van der Waals surface area contributed by atoms with Crippen molar-refractivity contribution in [1.82, 2.24) is 0 Å². The van der Waals surface area contributed by atoms with E-state index < -0.39 is 14.8 Å². The van der Waals surface area contributed by atoms with Gasteiger partial charge >= 0.3 is 5.69 Å². The summed E-state index contributed by atoms with van der Waals surface area (Å²) in [5.41, 5.74) is -0.375. The van der Waals surface area contributed by atoms with E-state index in [-0.39, 0.29) is 34.3 Å². The van der Waals surface area contributed by atoms with Gasteiger partial charge in [-0.1, -0.05) is 18.2 Å². The summed E-state index contributed by atoms with van der Waals surface area (Å²) in [7, 11) is 0. The fourth-order valence-electron chi connectivity index (χ4n) is 1.80. The lowest BCUT2D eigenvalue weighted by molar-refractivity contribution is -0.385. The highest BCUT2D eigenvalue weighted by atomic mass is 16.6. The summed E-state index contributed by atoms with van der Waals surface area (Å²) < 4.78 is 0. The lowest BCUT2D eigenvalue weighted by Gasteiger charge is -1.91. The number of hydrogen-bond acceptors (Lipinski definition) is 9. The van der Waals surface area contributed by atoms with Crippen molar-refractivity contribution in [2.24, 2.45) is 0 Å². The van der Waals surface area contributed by atoms with Gasteiger partial charge in [0.25, 0.3) is 11.4 Å². The molecule has 3 rings (SSSR count). The molecule has 0 fully saturated rings. The van der Waals surface area contributed by atoms with Crippen molar-refractivity contribution in [2.45, 2.75) is 0 Å². The van der Waals surface area contributed by atoms with Gasteiger partial charge in [0.05, 0.1) is 20.8 Å². The zero-order valence-electron chi connectivity index (χ0n) is 15.1. The summed E-state index contributed by atoms with van der Waals surface area (Å²) in [4.78, 5) is 28.5. The van der Waals surface area contributed by atoms with Crippen molar-refractivity contribution < 1.29 is 30.1 Å². The Morgan fingerprint density at radius 3 is 1.53 bits per heavy atom. The molecule has 0 unspecified atom stereocenters. The zero-order chi connectivity index (χ0) is 22.7. The third kappa shape index (κ3) is 7.87. The smallest absolute Gasteiger partial charge is 0.310 e. The summed E-state index contributed by atoms with van der Waals surface area (Å²) in [6.45, 7) is 0. The minimum absolute atomic E-state index is 0.0159. The number of nitro groups is 3. The zero-order valence-corrected chi connectivity index (χ0v) is 15.1. The molecule has 3 aromatic rings. The fraction of sp³-hybridized carbons (Fsp3) is 0. The highest BCUT2D eigenvalue weighted by Gasteiger charge is 2.09. The first-order valence-electron chi connectivity index (χ1n) is 7.91. The molecule has 156 valence electrons. The lowest BCUT2D eigenvalue weighted by atomic mass is 10.3. The lowest BCUT2D eigenvalue weighted by Crippen LogP contribution is -1.86. The Morgan fingerprint density at radius 2 is 1.13 bits per heavy atom. The van der Waals surface area contributed by atoms with E-state index >= 15 is 0 Å². The normalized spacial score (nSPS) is 9.20. The number of phenols is 3. The Morgan fingerprint density at radius 1 is 0.567 bits per heavy atom. The summed E-state index contributed by atoms with van der Waals surface area (Å²) in [5.74, 6) is -0.354. The highest BCUT2D eigenvalue weighted by molar-refractivity contribution is 5.44. The molecule has 0 radical (unpaired) electrons. The Kier molecular flexibility index (Phi) is 8.68. The molecule has 0 aliphatic rings. The average molecular weight is 417 g/mol. The van der Waals surface area contributed by atoms with Crippen LogP contribution in [0.1, 0.15) is 0 Å². The van der Waals surface area contributed by atoms with Gasteiger partial charge in [-0.3, -0.25) is 30.3 Å². The number of hydrogen-bond donors (Lipinski definition) is 3. The third-order valence-corrected chi connectivity index (χ3v) is 3.18. The molecule has 30 heavy (non-hydrogen) atoms. The molecule has 0 saturated carbocycles. The Hall–Kier alpha value is -4.74. The van der Waals surface area contributed by atoms with E-state index in [0.717, 1.165) is 6.07 Å². The molecule has 0 aromatic heterocycles. The molecule has 3 N–H and O–H groups in total. The summed E-state index contributed by atoms with van der Waals surface area (Å²) >= 11 is 0. The van der Waals surface area contributed by atoms with Gasteiger partial charge in [-0.2, -0.15) is 0 Å². The summed E-state index contributed by atoms with van der Waals surface area (Å²) in [6.07, 6.45) is 0. The van der Waals surface area contributed by atoms with Crippen LogP contribution >= 0.6 is 0 Å². The van der Waals surface area contributed by atoms with Gasteiger partial charge in [0.15, 0.2) is 5.75 Å². The highest BCUT2D eigenvalue weighted by Crippen LogP contribution is 2.23. The van der Waals surface area contributed by atoms with Crippen LogP contribution in [-0.4, -0.2) is 30.1 Å². The molecule has 0 bridgehead atoms. The van der Waals surface area contributed by atoms with Crippen molar-refractivity contribution in [2.75, 3.05) is 0 Å². The first-order chi connectivity index (χ1) is 14.1. The maximum absolute atomic E-state index is 10.1. The molecule has 0 aliphatic heterocycles. The van der Waals surface area contributed by atoms with E-state index in [4.69, 9.17) is 15.3 Å². The van der Waals surface area contributed by atoms with Gasteiger partial charge in [-0.05, 0) is 24.3 Å². The number of nitro benzene ring substituents is 3. The largest absolute Gasteiger partial charge is 0.508 e. The first-order valence-corrected chi connectivity index (χ1v) is 7.91. The molecule has 12 heteroatoms. The quantitative estimate of drug-likeness (QED) is 0.419. The molecule has 0 heterocycles. The average Bonchev–Trinajstić information content (AvgIpc) is 2.69. The molecular weight excluding hydrogens is 402 g/mol. The molecule has 0 spiro atoms. The van der Waals surface area contributed by atoms with Gasteiger partial charge in [-0.15, -0.1) is 0 Å². The van der Waals surface area contributed by atoms with E-state index in [1.807, 2.05) is 0 Å². The van der Waals surface area contributed by atoms with Gasteiger partial charge < -0.3 is 15.3 Å². The number of rotatable bonds is 3. The van der Waals surface area contributed by atoms with Crippen LogP contribution in [0.25, 0.3) is 0 Å². The van der Waals surface area contributed by atoms with E-state index in [2.05, 4.69) is 0 Å². The maximum atomic E-state index is 10.1. The van der Waals surface area contributed by atoms with Crippen LogP contribution in [0, 0.1) is 30.3 Å². The standard InChI is InChI=1S/3C6H5NO3/c8-6-3-1-5(2-4-6)7(9)10;8-6-3-1-2-5(4-6)7(9)10;8-6-4-2-1-3-5(6)7(9)10/h3*1-4,8H. The SMILES string of the molecule is O=[N+]([O-])c1ccc(O)cc1.O=[N+]([O-])c1cccc(O)c1.O=[N+]([O-])c1ccccc1O. The molecule has 0 amide bonds. The second-order valence-electron chi connectivity index (χ2n) is 5.30. The van der Waals surface area contributed by atoms with E-state index in [1.165, 1.54) is 66.7 Å². The van der Waals surface area contributed by atoms with E-state index in [1.54, 1.807) is 0 Å². The number of aromatic hydroxyl groups is 3. The Balaban J connectivity index is 0.000000225. The number of benzene rings is 3. The molecule has 0 atom stereocenters. The van der Waals surface area contributed by atoms with E-state index in [9.17, 15) is 30.3 Å². The number of non-ortho nitro benzene ring substituents is 2. The monoisotopic (exact) mass is 417 g/mol. The van der Waals surface area contributed by atoms with Crippen LogP contribution < -0.4 is 0 Å². The predicted molar refractivity (Wildman–Crippen MR) is 104 cm³/mol. The summed E-state index contributed by atoms with van der Waals surface area (Å²) in [6, 6.07) is 15.8. The first kappa shape index (κ1) is 23.3. The van der Waals surface area contributed by atoms with Gasteiger partial charge in [0, 0.05) is 24.3 Å². The van der Waals surface area contributed by atoms with Crippen LogP contribution in [-0.2, 0) is 0 Å². The number of nitrogens with zero attached hydrogens (tertiary/aromatic N) is 3. The van der Waals surface area contributed by atoms with Crippen LogP contribution in [0.4, 0.5) is 17.1 Å². The molecule has 3 aromatic carbocycles. The second-order valence-corrected chi connectivity index (χ2v) is 5.30. The molecule has 0 saturated heterocycles. The van der Waals surface area contributed by atoms with Crippen LogP contribution in [0.3, 0.4) is 0 Å². The van der Waals surface area contributed by atoms with Gasteiger partial charge in [0.1, 0.15) is 11.5 Å².